The first kappa shape index (κ1) is 26.0. The number of nitrogens with zero attached hydrogens (tertiary/aromatic N) is 1. The lowest BCUT2D eigenvalue weighted by Gasteiger charge is -2.26. The van der Waals surface area contributed by atoms with E-state index in [1.54, 1.807) is 30.3 Å². The van der Waals surface area contributed by atoms with Crippen LogP contribution in [0.25, 0.3) is 5.76 Å². The van der Waals surface area contributed by atoms with Crippen molar-refractivity contribution < 1.29 is 24.5 Å². The number of amides is 1. The van der Waals surface area contributed by atoms with Crippen LogP contribution in [0, 0.1) is 0 Å². The van der Waals surface area contributed by atoms with Gasteiger partial charge in [0.2, 0.25) is 0 Å². The molecule has 1 fully saturated rings. The van der Waals surface area contributed by atoms with Crippen molar-refractivity contribution in [2.24, 2.45) is 0 Å². The van der Waals surface area contributed by atoms with Gasteiger partial charge in [0.25, 0.3) is 11.7 Å². The fraction of sp³-hybridized carbons (Fsp3) is 0.290. The van der Waals surface area contributed by atoms with Gasteiger partial charge in [-0.15, -0.1) is 0 Å². The first-order chi connectivity index (χ1) is 17.6. The number of ketones is 1. The number of hydrogen-bond donors (Lipinski definition) is 2. The number of rotatable bonds is 7. The van der Waals surface area contributed by atoms with Gasteiger partial charge in [-0.05, 0) is 77.9 Å². The van der Waals surface area contributed by atoms with Crippen molar-refractivity contribution in [3.05, 3.63) is 94.6 Å². The summed E-state index contributed by atoms with van der Waals surface area (Å²) in [6.45, 7) is 10.6. The van der Waals surface area contributed by atoms with E-state index in [1.807, 2.05) is 45.0 Å². The molecule has 37 heavy (non-hydrogen) atoms. The molecule has 1 amide bonds. The average Bonchev–Trinajstić information content (AvgIpc) is 3.14. The molecule has 6 heteroatoms. The van der Waals surface area contributed by atoms with Crippen LogP contribution in [-0.2, 0) is 9.59 Å². The number of carbonyl (C=O) groups is 2. The Morgan fingerprint density at radius 3 is 2.24 bits per heavy atom. The van der Waals surface area contributed by atoms with Crippen LogP contribution in [0.5, 0.6) is 11.5 Å². The van der Waals surface area contributed by atoms with E-state index in [-0.39, 0.29) is 23.0 Å². The lowest BCUT2D eigenvalue weighted by molar-refractivity contribution is -0.132. The molecule has 3 aromatic carbocycles. The Balaban J connectivity index is 1.91. The summed E-state index contributed by atoms with van der Waals surface area (Å²) in [6.07, 6.45) is 0. The van der Waals surface area contributed by atoms with Gasteiger partial charge in [0.15, 0.2) is 0 Å². The molecular weight excluding hydrogens is 466 g/mol. The van der Waals surface area contributed by atoms with Crippen molar-refractivity contribution in [3.63, 3.8) is 0 Å². The van der Waals surface area contributed by atoms with Gasteiger partial charge in [-0.1, -0.05) is 52.0 Å². The molecule has 192 valence electrons. The second-order valence-electron chi connectivity index (χ2n) is 9.85. The fourth-order valence-electron chi connectivity index (χ4n) is 4.72. The highest BCUT2D eigenvalue weighted by atomic mass is 16.5. The minimum absolute atomic E-state index is 0.00130. The first-order valence-electron chi connectivity index (χ1n) is 12.6. The summed E-state index contributed by atoms with van der Waals surface area (Å²) in [4.78, 5) is 28.2. The van der Waals surface area contributed by atoms with Crippen LogP contribution < -0.4 is 9.64 Å². The van der Waals surface area contributed by atoms with Crippen molar-refractivity contribution in [1.29, 1.82) is 0 Å². The number of hydrogen-bond acceptors (Lipinski definition) is 5. The van der Waals surface area contributed by atoms with E-state index < -0.39 is 17.7 Å². The predicted molar refractivity (Wildman–Crippen MR) is 145 cm³/mol. The summed E-state index contributed by atoms with van der Waals surface area (Å²) in [7, 11) is 0. The van der Waals surface area contributed by atoms with Crippen molar-refractivity contribution in [2.75, 3.05) is 11.5 Å². The van der Waals surface area contributed by atoms with Gasteiger partial charge in [0.1, 0.15) is 17.3 Å². The topological polar surface area (TPSA) is 87.1 Å². The number of phenolic OH excluding ortho intramolecular Hbond substituents is 1. The lowest BCUT2D eigenvalue weighted by atomic mass is 9.93. The highest BCUT2D eigenvalue weighted by Crippen LogP contribution is 2.43. The highest BCUT2D eigenvalue weighted by molar-refractivity contribution is 6.51. The van der Waals surface area contributed by atoms with Crippen molar-refractivity contribution in [3.8, 4) is 11.5 Å². The molecule has 3 aromatic rings. The van der Waals surface area contributed by atoms with Crippen LogP contribution in [0.1, 0.15) is 74.8 Å². The van der Waals surface area contributed by atoms with Crippen molar-refractivity contribution in [1.82, 2.24) is 0 Å². The number of benzene rings is 3. The number of phenols is 1. The molecule has 0 aliphatic carbocycles. The Bertz CT molecular complexity index is 1350. The second kappa shape index (κ2) is 10.5. The zero-order valence-electron chi connectivity index (χ0n) is 21.9. The standard InChI is InChI=1S/C31H33NO5/c1-6-37-26-15-12-22(17-25(26)19(4)5)29(34)27-28(21-8-7-9-24(33)16-21)32(31(36)30(27)35)23-13-10-20(11-14-23)18(2)3/h7-19,28,33-34H,6H2,1-5H3/b29-27-. The summed E-state index contributed by atoms with van der Waals surface area (Å²) >= 11 is 0. The number of aromatic hydroxyl groups is 1. The molecule has 1 atom stereocenters. The Hall–Kier alpha value is -4.06. The normalized spacial score (nSPS) is 17.2. The molecule has 0 bridgehead atoms. The van der Waals surface area contributed by atoms with Crippen LogP contribution in [0.4, 0.5) is 5.69 Å². The third-order valence-corrected chi connectivity index (χ3v) is 6.67. The lowest BCUT2D eigenvalue weighted by Crippen LogP contribution is -2.29. The van der Waals surface area contributed by atoms with E-state index in [0.29, 0.717) is 35.1 Å². The number of Topliss-reactive ketones (excluding diaryl/α,β-unsaturated/α-hetero) is 1. The largest absolute Gasteiger partial charge is 0.508 e. The van der Waals surface area contributed by atoms with Gasteiger partial charge >= 0.3 is 0 Å². The van der Waals surface area contributed by atoms with Gasteiger partial charge in [-0.2, -0.15) is 0 Å². The Labute approximate surface area is 217 Å². The number of aliphatic hydroxyl groups excluding tert-OH is 1. The molecule has 1 aliphatic heterocycles. The number of anilines is 1. The van der Waals surface area contributed by atoms with Crippen LogP contribution in [0.15, 0.2) is 72.3 Å². The van der Waals surface area contributed by atoms with E-state index >= 15 is 0 Å². The van der Waals surface area contributed by atoms with Crippen molar-refractivity contribution >= 4 is 23.1 Å². The van der Waals surface area contributed by atoms with E-state index in [2.05, 4.69) is 13.8 Å². The van der Waals surface area contributed by atoms with Gasteiger partial charge in [-0.3, -0.25) is 14.5 Å². The zero-order chi connectivity index (χ0) is 26.9. The van der Waals surface area contributed by atoms with E-state index in [1.165, 1.54) is 17.0 Å². The molecule has 4 rings (SSSR count). The monoisotopic (exact) mass is 499 g/mol. The Morgan fingerprint density at radius 1 is 0.946 bits per heavy atom. The summed E-state index contributed by atoms with van der Waals surface area (Å²) in [5.41, 5.74) is 3.44. The molecule has 1 aliphatic rings. The quantitative estimate of drug-likeness (QED) is 0.216. The summed E-state index contributed by atoms with van der Waals surface area (Å²) in [5, 5.41) is 21.7. The van der Waals surface area contributed by atoms with E-state index in [4.69, 9.17) is 4.74 Å². The van der Waals surface area contributed by atoms with E-state index in [0.717, 1.165) is 11.1 Å². The minimum Gasteiger partial charge on any atom is -0.508 e. The first-order valence-corrected chi connectivity index (χ1v) is 12.6. The third-order valence-electron chi connectivity index (χ3n) is 6.67. The molecule has 6 nitrogen and oxygen atoms in total. The maximum atomic E-state index is 13.4. The fourth-order valence-corrected chi connectivity index (χ4v) is 4.72. The predicted octanol–water partition coefficient (Wildman–Crippen LogP) is 6.66. The summed E-state index contributed by atoms with van der Waals surface area (Å²) < 4.78 is 5.75. The molecule has 1 saturated heterocycles. The van der Waals surface area contributed by atoms with Gasteiger partial charge in [-0.25, -0.2) is 0 Å². The van der Waals surface area contributed by atoms with Gasteiger partial charge in [0.05, 0.1) is 18.2 Å². The third kappa shape index (κ3) is 4.96. The Morgan fingerprint density at radius 2 is 1.65 bits per heavy atom. The van der Waals surface area contributed by atoms with E-state index in [9.17, 15) is 19.8 Å². The molecule has 0 aromatic heterocycles. The molecule has 1 heterocycles. The molecule has 0 spiro atoms. The van der Waals surface area contributed by atoms with Crippen LogP contribution in [-0.4, -0.2) is 28.5 Å². The number of carbonyl (C=O) groups excluding carboxylic acids is 2. The summed E-state index contributed by atoms with van der Waals surface area (Å²) in [6, 6.07) is 18.3. The molecule has 0 saturated carbocycles. The van der Waals surface area contributed by atoms with Gasteiger partial charge in [0, 0.05) is 11.3 Å². The SMILES string of the molecule is CCOc1ccc(/C(O)=C2/C(=O)C(=O)N(c3ccc(C(C)C)cc3)C2c2cccc(O)c2)cc1C(C)C. The van der Waals surface area contributed by atoms with Crippen LogP contribution in [0.3, 0.4) is 0 Å². The Kier molecular flexibility index (Phi) is 7.39. The maximum Gasteiger partial charge on any atom is 0.300 e. The molecular formula is C31H33NO5. The maximum absolute atomic E-state index is 13.4. The highest BCUT2D eigenvalue weighted by Gasteiger charge is 2.47. The number of aliphatic hydroxyl groups is 1. The average molecular weight is 500 g/mol. The molecule has 1 unspecified atom stereocenters. The van der Waals surface area contributed by atoms with Crippen LogP contribution in [0.2, 0.25) is 0 Å². The van der Waals surface area contributed by atoms with Crippen molar-refractivity contribution in [2.45, 2.75) is 52.5 Å². The molecule has 2 N–H and O–H groups in total. The van der Waals surface area contributed by atoms with Crippen LogP contribution >= 0.6 is 0 Å². The van der Waals surface area contributed by atoms with Gasteiger partial charge < -0.3 is 14.9 Å². The summed E-state index contributed by atoms with van der Waals surface area (Å²) in [5.74, 6) is -0.649. The second-order valence-corrected chi connectivity index (χ2v) is 9.85. The molecule has 0 radical (unpaired) electrons. The smallest absolute Gasteiger partial charge is 0.300 e. The zero-order valence-corrected chi connectivity index (χ0v) is 21.9. The minimum atomic E-state index is -0.911. The number of ether oxygens (including phenoxy) is 1.